The SMILES string of the molecule is Cc1nnc(CNC(CC(C)C)C(=O)O)n1C. The average Bonchev–Trinajstić information content (AvgIpc) is 2.54. The van der Waals surface area contributed by atoms with E-state index in [4.69, 9.17) is 5.11 Å². The summed E-state index contributed by atoms with van der Waals surface area (Å²) in [6.07, 6.45) is 0.603. The second-order valence-electron chi connectivity index (χ2n) is 4.62. The van der Waals surface area contributed by atoms with Crippen molar-refractivity contribution in [1.82, 2.24) is 20.1 Å². The Morgan fingerprint density at radius 1 is 1.47 bits per heavy atom. The molecule has 0 bridgehead atoms. The third-order valence-electron chi connectivity index (χ3n) is 2.69. The maximum Gasteiger partial charge on any atom is 0.320 e. The summed E-state index contributed by atoms with van der Waals surface area (Å²) in [5.74, 6) is 1.08. The quantitative estimate of drug-likeness (QED) is 0.765. The molecule has 1 aromatic rings. The van der Waals surface area contributed by atoms with Crippen molar-refractivity contribution in [2.45, 2.75) is 39.8 Å². The first-order valence-electron chi connectivity index (χ1n) is 5.73. The lowest BCUT2D eigenvalue weighted by atomic mass is 10.0. The fraction of sp³-hybridized carbons (Fsp3) is 0.727. The molecule has 17 heavy (non-hydrogen) atoms. The number of aromatic nitrogens is 3. The Morgan fingerprint density at radius 2 is 2.12 bits per heavy atom. The van der Waals surface area contributed by atoms with E-state index in [1.165, 1.54) is 0 Å². The summed E-state index contributed by atoms with van der Waals surface area (Å²) in [4.78, 5) is 11.0. The molecule has 0 saturated carbocycles. The fourth-order valence-electron chi connectivity index (χ4n) is 1.56. The van der Waals surface area contributed by atoms with E-state index in [9.17, 15) is 4.79 Å². The van der Waals surface area contributed by atoms with Gasteiger partial charge in [0.1, 0.15) is 17.7 Å². The third-order valence-corrected chi connectivity index (χ3v) is 2.69. The molecule has 6 heteroatoms. The van der Waals surface area contributed by atoms with Gasteiger partial charge in [0.15, 0.2) is 0 Å². The number of carboxylic acid groups (broad SMARTS) is 1. The van der Waals surface area contributed by atoms with Gasteiger partial charge in [0, 0.05) is 7.05 Å². The average molecular weight is 240 g/mol. The van der Waals surface area contributed by atoms with Crippen molar-refractivity contribution in [3.05, 3.63) is 11.6 Å². The van der Waals surface area contributed by atoms with Gasteiger partial charge in [-0.05, 0) is 19.3 Å². The van der Waals surface area contributed by atoms with Gasteiger partial charge in [-0.2, -0.15) is 0 Å². The van der Waals surface area contributed by atoms with Crippen LogP contribution in [0, 0.1) is 12.8 Å². The summed E-state index contributed by atoms with van der Waals surface area (Å²) >= 11 is 0. The molecule has 1 aromatic heterocycles. The summed E-state index contributed by atoms with van der Waals surface area (Å²) in [5, 5.41) is 20.0. The minimum atomic E-state index is -0.822. The normalized spacial score (nSPS) is 13.0. The van der Waals surface area contributed by atoms with Crippen LogP contribution in [0.4, 0.5) is 0 Å². The second-order valence-corrected chi connectivity index (χ2v) is 4.62. The van der Waals surface area contributed by atoms with E-state index in [-0.39, 0.29) is 0 Å². The third kappa shape index (κ3) is 3.81. The van der Waals surface area contributed by atoms with Gasteiger partial charge in [-0.25, -0.2) is 0 Å². The monoisotopic (exact) mass is 240 g/mol. The molecule has 0 saturated heterocycles. The molecule has 1 rings (SSSR count). The Balaban J connectivity index is 2.58. The summed E-state index contributed by atoms with van der Waals surface area (Å²) in [5.41, 5.74) is 0. The highest BCUT2D eigenvalue weighted by Gasteiger charge is 2.19. The minimum absolute atomic E-state index is 0.338. The van der Waals surface area contributed by atoms with Crippen molar-refractivity contribution in [3.63, 3.8) is 0 Å². The summed E-state index contributed by atoms with van der Waals surface area (Å²) in [7, 11) is 1.87. The number of hydrogen-bond donors (Lipinski definition) is 2. The Bertz CT molecular complexity index is 387. The summed E-state index contributed by atoms with van der Waals surface area (Å²) in [6.45, 7) is 6.29. The van der Waals surface area contributed by atoms with E-state index in [1.807, 2.05) is 32.4 Å². The van der Waals surface area contributed by atoms with E-state index < -0.39 is 12.0 Å². The number of nitrogens with one attached hydrogen (secondary N) is 1. The topological polar surface area (TPSA) is 80.0 Å². The van der Waals surface area contributed by atoms with Crippen LogP contribution in [0.5, 0.6) is 0 Å². The first kappa shape index (κ1) is 13.6. The van der Waals surface area contributed by atoms with Crippen LogP contribution in [0.25, 0.3) is 0 Å². The van der Waals surface area contributed by atoms with Gasteiger partial charge in [-0.3, -0.25) is 10.1 Å². The van der Waals surface area contributed by atoms with E-state index in [0.29, 0.717) is 18.9 Å². The fourth-order valence-corrected chi connectivity index (χ4v) is 1.56. The first-order chi connectivity index (χ1) is 7.91. The van der Waals surface area contributed by atoms with Crippen molar-refractivity contribution in [2.75, 3.05) is 0 Å². The van der Waals surface area contributed by atoms with E-state index in [2.05, 4.69) is 15.5 Å². The Hall–Kier alpha value is -1.43. The maximum atomic E-state index is 11.0. The standard InChI is InChI=1S/C11H20N4O2/c1-7(2)5-9(11(16)17)12-6-10-14-13-8(3)15(10)4/h7,9,12H,5-6H2,1-4H3,(H,16,17). The van der Waals surface area contributed by atoms with Crippen LogP contribution in [0.2, 0.25) is 0 Å². The number of nitrogens with zero attached hydrogens (tertiary/aromatic N) is 3. The molecule has 1 unspecified atom stereocenters. The van der Waals surface area contributed by atoms with Crippen LogP contribution in [0.1, 0.15) is 31.9 Å². The van der Waals surface area contributed by atoms with Gasteiger partial charge in [-0.15, -0.1) is 10.2 Å². The summed E-state index contributed by atoms with van der Waals surface area (Å²) in [6, 6.07) is -0.535. The molecule has 1 atom stereocenters. The Morgan fingerprint density at radius 3 is 2.53 bits per heavy atom. The lowest BCUT2D eigenvalue weighted by Gasteiger charge is -2.16. The van der Waals surface area contributed by atoms with E-state index >= 15 is 0 Å². The molecule has 0 radical (unpaired) electrons. The van der Waals surface area contributed by atoms with Crippen molar-refractivity contribution in [2.24, 2.45) is 13.0 Å². The largest absolute Gasteiger partial charge is 0.480 e. The highest BCUT2D eigenvalue weighted by Crippen LogP contribution is 2.06. The Kier molecular flexibility index (Phi) is 4.62. The van der Waals surface area contributed by atoms with Gasteiger partial charge in [0.05, 0.1) is 6.54 Å². The molecule has 96 valence electrons. The molecule has 0 aliphatic carbocycles. The zero-order valence-electron chi connectivity index (χ0n) is 10.8. The number of hydrogen-bond acceptors (Lipinski definition) is 4. The highest BCUT2D eigenvalue weighted by molar-refractivity contribution is 5.73. The predicted octanol–water partition coefficient (Wildman–Crippen LogP) is 0.712. The Labute approximate surface area is 101 Å². The van der Waals surface area contributed by atoms with Gasteiger partial charge >= 0.3 is 5.97 Å². The molecule has 0 aliphatic heterocycles. The van der Waals surface area contributed by atoms with Crippen LogP contribution in [0.15, 0.2) is 0 Å². The van der Waals surface area contributed by atoms with Gasteiger partial charge in [0.2, 0.25) is 0 Å². The number of rotatable bonds is 6. The molecule has 1 heterocycles. The van der Waals surface area contributed by atoms with Gasteiger partial charge in [-0.1, -0.05) is 13.8 Å². The van der Waals surface area contributed by atoms with Crippen molar-refractivity contribution in [1.29, 1.82) is 0 Å². The number of carboxylic acids is 1. The van der Waals surface area contributed by atoms with Gasteiger partial charge in [0.25, 0.3) is 0 Å². The predicted molar refractivity (Wildman–Crippen MR) is 63.5 cm³/mol. The highest BCUT2D eigenvalue weighted by atomic mass is 16.4. The van der Waals surface area contributed by atoms with Crippen LogP contribution in [-0.4, -0.2) is 31.9 Å². The van der Waals surface area contributed by atoms with E-state index in [1.54, 1.807) is 0 Å². The van der Waals surface area contributed by atoms with Crippen LogP contribution >= 0.6 is 0 Å². The molecule has 6 nitrogen and oxygen atoms in total. The van der Waals surface area contributed by atoms with E-state index in [0.717, 1.165) is 11.6 Å². The second kappa shape index (κ2) is 5.77. The maximum absolute atomic E-state index is 11.0. The zero-order valence-corrected chi connectivity index (χ0v) is 10.8. The molecule has 0 amide bonds. The number of carbonyl (C=O) groups is 1. The summed E-state index contributed by atoms with van der Waals surface area (Å²) < 4.78 is 1.85. The number of aryl methyl sites for hydroxylation is 1. The lowest BCUT2D eigenvalue weighted by molar-refractivity contribution is -0.140. The van der Waals surface area contributed by atoms with Crippen LogP contribution in [-0.2, 0) is 18.4 Å². The smallest absolute Gasteiger partial charge is 0.320 e. The lowest BCUT2D eigenvalue weighted by Crippen LogP contribution is -2.37. The molecule has 0 spiro atoms. The molecule has 2 N–H and O–H groups in total. The van der Waals surface area contributed by atoms with Crippen molar-refractivity contribution in [3.8, 4) is 0 Å². The first-order valence-corrected chi connectivity index (χ1v) is 5.73. The van der Waals surface area contributed by atoms with Crippen LogP contribution in [0.3, 0.4) is 0 Å². The van der Waals surface area contributed by atoms with Crippen molar-refractivity contribution < 1.29 is 9.90 Å². The van der Waals surface area contributed by atoms with Crippen molar-refractivity contribution >= 4 is 5.97 Å². The van der Waals surface area contributed by atoms with Gasteiger partial charge < -0.3 is 9.67 Å². The molecule has 0 fully saturated rings. The minimum Gasteiger partial charge on any atom is -0.480 e. The molecular weight excluding hydrogens is 220 g/mol. The number of aliphatic carboxylic acids is 1. The molecule has 0 aromatic carbocycles. The van der Waals surface area contributed by atoms with Crippen LogP contribution < -0.4 is 5.32 Å². The molecule has 0 aliphatic rings. The molecular formula is C11H20N4O2. The zero-order chi connectivity index (χ0) is 13.0.